The van der Waals surface area contributed by atoms with Crippen LogP contribution in [0.15, 0.2) is 12.3 Å². The summed E-state index contributed by atoms with van der Waals surface area (Å²) in [6, 6.07) is 2.29. The van der Waals surface area contributed by atoms with Crippen molar-refractivity contribution in [1.82, 2.24) is 15.3 Å². The molecule has 1 rings (SSSR count). The number of aromatic nitrogens is 2. The third-order valence-corrected chi connectivity index (χ3v) is 2.13. The van der Waals surface area contributed by atoms with Gasteiger partial charge in [0.05, 0.1) is 0 Å². The lowest BCUT2D eigenvalue weighted by Gasteiger charge is -2.14. The molecule has 2 N–H and O–H groups in total. The number of hydrogen-bond acceptors (Lipinski definition) is 5. The average Bonchev–Trinajstić information content (AvgIpc) is 2.26. The Labute approximate surface area is 90.9 Å². The molecule has 1 heterocycles. The van der Waals surface area contributed by atoms with Crippen molar-refractivity contribution in [3.63, 3.8) is 0 Å². The molecule has 1 unspecified atom stereocenters. The Morgan fingerprint density at radius 3 is 2.80 bits per heavy atom. The van der Waals surface area contributed by atoms with Gasteiger partial charge in [0, 0.05) is 32.9 Å². The number of hydrogen-bond donors (Lipinski definition) is 2. The van der Waals surface area contributed by atoms with Crippen molar-refractivity contribution in [2.45, 2.75) is 13.0 Å². The lowest BCUT2D eigenvalue weighted by Crippen LogP contribution is -2.29. The SMILES string of the molecule is CNC(C)CNc1ccnc(N(C)C)n1. The highest BCUT2D eigenvalue weighted by atomic mass is 15.2. The summed E-state index contributed by atoms with van der Waals surface area (Å²) in [5.41, 5.74) is 0. The number of likely N-dealkylation sites (N-methyl/N-ethyl adjacent to an activating group) is 1. The van der Waals surface area contributed by atoms with Gasteiger partial charge in [-0.3, -0.25) is 0 Å². The predicted octanol–water partition coefficient (Wildman–Crippen LogP) is 0.562. The second-order valence-corrected chi connectivity index (χ2v) is 3.71. The molecule has 0 fully saturated rings. The van der Waals surface area contributed by atoms with E-state index in [9.17, 15) is 0 Å². The second kappa shape index (κ2) is 5.50. The minimum Gasteiger partial charge on any atom is -0.368 e. The standard InChI is InChI=1S/C10H19N5/c1-8(11-2)7-13-9-5-6-12-10(14-9)15(3)4/h5-6,8,11H,7H2,1-4H3,(H,12,13,14). The zero-order valence-electron chi connectivity index (χ0n) is 9.78. The maximum absolute atomic E-state index is 4.35. The van der Waals surface area contributed by atoms with Crippen LogP contribution in [-0.2, 0) is 0 Å². The van der Waals surface area contributed by atoms with E-state index in [2.05, 4.69) is 27.5 Å². The zero-order chi connectivity index (χ0) is 11.3. The molecular weight excluding hydrogens is 190 g/mol. The molecule has 84 valence electrons. The molecule has 0 spiro atoms. The van der Waals surface area contributed by atoms with Gasteiger partial charge in [-0.1, -0.05) is 0 Å². The maximum Gasteiger partial charge on any atom is 0.226 e. The quantitative estimate of drug-likeness (QED) is 0.742. The fourth-order valence-electron chi connectivity index (χ4n) is 1.02. The summed E-state index contributed by atoms with van der Waals surface area (Å²) in [7, 11) is 5.79. The van der Waals surface area contributed by atoms with Crippen LogP contribution in [0.3, 0.4) is 0 Å². The van der Waals surface area contributed by atoms with E-state index in [4.69, 9.17) is 0 Å². The summed E-state index contributed by atoms with van der Waals surface area (Å²) >= 11 is 0. The summed E-state index contributed by atoms with van der Waals surface area (Å²) in [5.74, 6) is 1.58. The fourth-order valence-corrected chi connectivity index (χ4v) is 1.02. The first-order valence-corrected chi connectivity index (χ1v) is 5.05. The molecule has 5 heteroatoms. The van der Waals surface area contributed by atoms with E-state index in [1.807, 2.05) is 32.1 Å². The zero-order valence-corrected chi connectivity index (χ0v) is 9.78. The highest BCUT2D eigenvalue weighted by molar-refractivity contribution is 5.40. The van der Waals surface area contributed by atoms with Crippen LogP contribution in [0.1, 0.15) is 6.92 Å². The Bertz CT molecular complexity index is 300. The van der Waals surface area contributed by atoms with Crippen molar-refractivity contribution in [2.24, 2.45) is 0 Å². The monoisotopic (exact) mass is 209 g/mol. The number of nitrogens with zero attached hydrogens (tertiary/aromatic N) is 3. The summed E-state index contributed by atoms with van der Waals surface area (Å²) < 4.78 is 0. The molecule has 0 amide bonds. The van der Waals surface area contributed by atoms with Crippen LogP contribution >= 0.6 is 0 Å². The van der Waals surface area contributed by atoms with Gasteiger partial charge in [0.1, 0.15) is 5.82 Å². The Balaban J connectivity index is 2.58. The Kier molecular flexibility index (Phi) is 4.30. The van der Waals surface area contributed by atoms with E-state index < -0.39 is 0 Å². The second-order valence-electron chi connectivity index (χ2n) is 3.71. The van der Waals surface area contributed by atoms with Crippen molar-refractivity contribution in [2.75, 3.05) is 37.9 Å². The predicted molar refractivity (Wildman–Crippen MR) is 63.4 cm³/mol. The molecule has 0 aliphatic rings. The number of rotatable bonds is 5. The summed E-state index contributed by atoms with van der Waals surface area (Å²) in [5, 5.41) is 6.41. The number of nitrogens with one attached hydrogen (secondary N) is 2. The minimum absolute atomic E-state index is 0.419. The Morgan fingerprint density at radius 1 is 1.47 bits per heavy atom. The van der Waals surface area contributed by atoms with Crippen molar-refractivity contribution in [3.8, 4) is 0 Å². The smallest absolute Gasteiger partial charge is 0.226 e. The van der Waals surface area contributed by atoms with E-state index in [1.54, 1.807) is 6.20 Å². The molecule has 0 bridgehead atoms. The summed E-state index contributed by atoms with van der Waals surface area (Å²) in [6.45, 7) is 2.96. The molecule has 0 aliphatic heterocycles. The molecule has 0 radical (unpaired) electrons. The van der Waals surface area contributed by atoms with Gasteiger partial charge in [-0.15, -0.1) is 0 Å². The van der Waals surface area contributed by atoms with E-state index >= 15 is 0 Å². The Hall–Kier alpha value is -1.36. The molecule has 0 aliphatic carbocycles. The van der Waals surface area contributed by atoms with Crippen molar-refractivity contribution in [3.05, 3.63) is 12.3 Å². The van der Waals surface area contributed by atoms with Crippen LogP contribution < -0.4 is 15.5 Å². The van der Waals surface area contributed by atoms with Gasteiger partial charge in [0.15, 0.2) is 0 Å². The summed E-state index contributed by atoms with van der Waals surface area (Å²) in [4.78, 5) is 10.4. The van der Waals surface area contributed by atoms with Crippen LogP contribution in [0.25, 0.3) is 0 Å². The van der Waals surface area contributed by atoms with E-state index in [1.165, 1.54) is 0 Å². The summed E-state index contributed by atoms with van der Waals surface area (Å²) in [6.07, 6.45) is 1.76. The van der Waals surface area contributed by atoms with Crippen LogP contribution in [-0.4, -0.2) is 43.7 Å². The van der Waals surface area contributed by atoms with Crippen LogP contribution in [0, 0.1) is 0 Å². The van der Waals surface area contributed by atoms with Gasteiger partial charge in [-0.2, -0.15) is 4.98 Å². The number of anilines is 2. The first-order valence-electron chi connectivity index (χ1n) is 5.05. The van der Waals surface area contributed by atoms with Crippen LogP contribution in [0.4, 0.5) is 11.8 Å². The highest BCUT2D eigenvalue weighted by Gasteiger charge is 2.02. The largest absolute Gasteiger partial charge is 0.368 e. The van der Waals surface area contributed by atoms with Crippen molar-refractivity contribution < 1.29 is 0 Å². The van der Waals surface area contributed by atoms with Gasteiger partial charge >= 0.3 is 0 Å². The van der Waals surface area contributed by atoms with Gasteiger partial charge in [-0.05, 0) is 20.0 Å². The molecular formula is C10H19N5. The van der Waals surface area contributed by atoms with Gasteiger partial charge < -0.3 is 15.5 Å². The molecule has 1 aromatic rings. The average molecular weight is 209 g/mol. The molecule has 0 aromatic carbocycles. The minimum atomic E-state index is 0.419. The first-order chi connectivity index (χ1) is 7.13. The lowest BCUT2D eigenvalue weighted by molar-refractivity contribution is 0.637. The van der Waals surface area contributed by atoms with Crippen LogP contribution in [0.2, 0.25) is 0 Å². The van der Waals surface area contributed by atoms with Gasteiger partial charge in [0.25, 0.3) is 0 Å². The molecule has 1 aromatic heterocycles. The lowest BCUT2D eigenvalue weighted by atomic mass is 10.3. The van der Waals surface area contributed by atoms with Crippen molar-refractivity contribution >= 4 is 11.8 Å². The van der Waals surface area contributed by atoms with Gasteiger partial charge in [-0.25, -0.2) is 4.98 Å². The molecule has 5 nitrogen and oxygen atoms in total. The fraction of sp³-hybridized carbons (Fsp3) is 0.600. The molecule has 0 saturated heterocycles. The third-order valence-electron chi connectivity index (χ3n) is 2.13. The topological polar surface area (TPSA) is 53.1 Å². The highest BCUT2D eigenvalue weighted by Crippen LogP contribution is 2.07. The van der Waals surface area contributed by atoms with E-state index in [0.717, 1.165) is 18.3 Å². The van der Waals surface area contributed by atoms with Crippen LogP contribution in [0.5, 0.6) is 0 Å². The molecule has 0 saturated carbocycles. The maximum atomic E-state index is 4.35. The third kappa shape index (κ3) is 3.71. The van der Waals surface area contributed by atoms with E-state index in [0.29, 0.717) is 6.04 Å². The first kappa shape index (κ1) is 11.7. The van der Waals surface area contributed by atoms with Gasteiger partial charge in [0.2, 0.25) is 5.95 Å². The Morgan fingerprint density at radius 2 is 2.20 bits per heavy atom. The normalized spacial score (nSPS) is 12.3. The van der Waals surface area contributed by atoms with E-state index in [-0.39, 0.29) is 0 Å². The molecule has 15 heavy (non-hydrogen) atoms. The van der Waals surface area contributed by atoms with Crippen molar-refractivity contribution in [1.29, 1.82) is 0 Å². The molecule has 1 atom stereocenters.